The van der Waals surface area contributed by atoms with Gasteiger partial charge in [-0.2, -0.15) is 0 Å². The maximum absolute atomic E-state index is 5.42. The lowest BCUT2D eigenvalue weighted by Crippen LogP contribution is -1.97. The molecule has 2 heterocycles. The van der Waals surface area contributed by atoms with Crippen LogP contribution in [0.3, 0.4) is 0 Å². The molecule has 0 aliphatic rings. The van der Waals surface area contributed by atoms with Crippen LogP contribution in [0.15, 0.2) is 58.8 Å². The van der Waals surface area contributed by atoms with Gasteiger partial charge in [0.2, 0.25) is 0 Å². The summed E-state index contributed by atoms with van der Waals surface area (Å²) in [4.78, 5) is 16.8. The van der Waals surface area contributed by atoms with Crippen LogP contribution in [0.5, 0.6) is 0 Å². The summed E-state index contributed by atoms with van der Waals surface area (Å²) in [6, 6.07) is 11.7. The lowest BCUT2D eigenvalue weighted by atomic mass is 10.1. The Morgan fingerprint density at radius 2 is 0.820 bits per heavy atom. The van der Waals surface area contributed by atoms with Gasteiger partial charge in [-0.05, 0) is 101 Å². The molecule has 0 fully saturated rings. The van der Waals surface area contributed by atoms with Crippen molar-refractivity contribution < 1.29 is 0 Å². The minimum Gasteiger partial charge on any atom is -0.331 e. The van der Waals surface area contributed by atoms with Gasteiger partial charge < -0.3 is 11.5 Å². The first-order chi connectivity index (χ1) is 22.7. The zero-order valence-electron chi connectivity index (χ0n) is 30.7. The molecule has 0 radical (unpaired) electrons. The molecule has 0 atom stereocenters. The van der Waals surface area contributed by atoms with Gasteiger partial charge in [-0.1, -0.05) is 148 Å². The van der Waals surface area contributed by atoms with Crippen LogP contribution >= 0.6 is 0 Å². The van der Waals surface area contributed by atoms with E-state index in [2.05, 4.69) is 33.8 Å². The van der Waals surface area contributed by atoms with Gasteiger partial charge >= 0.3 is 0 Å². The SMILES string of the molecule is CCCCCCCCCCCCN.CCCCCCCCCCCCN=Cc1ccccn1.CCN.CCN=Cc1ccccn1.[SiH4].[SiH4].[SiH4].[SiH4]. The number of aliphatic imine (C=N–C) groups is 2. The van der Waals surface area contributed by atoms with E-state index in [0.29, 0.717) is 0 Å². The predicted octanol–water partition coefficient (Wildman–Crippen LogP) is 4.97. The standard InChI is InChI=1S/C18H30N2.C12H27N.C8H10N2.C2H7N.4H4Si/c1-2-3-4-5-6-7-8-9-10-12-15-19-17-18-14-11-13-16-20-18;1-2-3-4-5-6-7-8-9-10-11-12-13;1-2-9-7-8-5-3-4-6-10-8;1-2-3;;;;/h11,13-14,16-17H,2-10,12,15H2,1H3;2-13H2,1H3;3-7H,2H2,1H3;2-3H2,1H3;4*1H4. The summed E-state index contributed by atoms with van der Waals surface area (Å²) in [5, 5.41) is 0. The number of nitrogens with zero attached hydrogens (tertiary/aromatic N) is 4. The van der Waals surface area contributed by atoms with Gasteiger partial charge in [0.25, 0.3) is 0 Å². The summed E-state index contributed by atoms with van der Waals surface area (Å²) in [5.41, 5.74) is 12.2. The first-order valence-corrected chi connectivity index (χ1v) is 18.9. The number of aromatic nitrogens is 2. The highest BCUT2D eigenvalue weighted by atomic mass is 28.1. The van der Waals surface area contributed by atoms with Gasteiger partial charge in [-0.3, -0.25) is 20.0 Å². The van der Waals surface area contributed by atoms with Crippen LogP contribution in [0.1, 0.15) is 167 Å². The fraction of sp³-hybridized carbons (Fsp3) is 0.700. The van der Waals surface area contributed by atoms with Gasteiger partial charge in [-0.15, -0.1) is 0 Å². The van der Waals surface area contributed by atoms with E-state index in [1.807, 2.05) is 62.7 Å². The lowest BCUT2D eigenvalue weighted by molar-refractivity contribution is 0.558. The van der Waals surface area contributed by atoms with E-state index in [-0.39, 0.29) is 43.9 Å². The minimum absolute atomic E-state index is 0. The number of rotatable bonds is 24. The van der Waals surface area contributed by atoms with E-state index < -0.39 is 0 Å². The van der Waals surface area contributed by atoms with E-state index in [4.69, 9.17) is 11.5 Å². The smallest absolute Gasteiger partial charge is 0.0807 e. The van der Waals surface area contributed by atoms with Crippen molar-refractivity contribution in [3.05, 3.63) is 60.2 Å². The van der Waals surface area contributed by atoms with E-state index in [0.717, 1.165) is 37.6 Å². The number of unbranched alkanes of at least 4 members (excludes halogenated alkanes) is 18. The summed E-state index contributed by atoms with van der Waals surface area (Å²) in [5.74, 6) is 0. The molecule has 4 N–H and O–H groups in total. The van der Waals surface area contributed by atoms with Gasteiger partial charge in [0.1, 0.15) is 0 Å². The molecule has 2 rings (SSSR count). The minimum atomic E-state index is 0. The molecule has 2 aromatic rings. The molecule has 0 aromatic carbocycles. The molecule has 2 aromatic heterocycles. The van der Waals surface area contributed by atoms with Crippen molar-refractivity contribution in [2.75, 3.05) is 26.2 Å². The number of hydrogen-bond donors (Lipinski definition) is 2. The molecule has 296 valence electrons. The third kappa shape index (κ3) is 53.2. The highest BCUT2D eigenvalue weighted by Crippen LogP contribution is 2.11. The van der Waals surface area contributed by atoms with Crippen LogP contribution in [-0.4, -0.2) is 92.4 Å². The molecule has 0 amide bonds. The second-order valence-electron chi connectivity index (χ2n) is 11.7. The molecule has 0 spiro atoms. The van der Waals surface area contributed by atoms with Crippen LogP contribution in [0.4, 0.5) is 0 Å². The monoisotopic (exact) mass is 767 g/mol. The third-order valence-electron chi connectivity index (χ3n) is 7.20. The Bertz CT molecular complexity index is 851. The maximum atomic E-state index is 5.42. The topological polar surface area (TPSA) is 103 Å². The van der Waals surface area contributed by atoms with Crippen molar-refractivity contribution in [2.45, 2.75) is 156 Å². The predicted molar refractivity (Wildman–Crippen MR) is 252 cm³/mol. The van der Waals surface area contributed by atoms with Crippen LogP contribution in [-0.2, 0) is 0 Å². The number of pyridine rings is 2. The normalized spacial score (nSPS) is 9.72. The molecule has 0 bridgehead atoms. The molecule has 0 saturated carbocycles. The molecule has 50 heavy (non-hydrogen) atoms. The number of nitrogens with two attached hydrogens (primary N) is 2. The molecular weight excluding hydrogens is 677 g/mol. The van der Waals surface area contributed by atoms with Crippen molar-refractivity contribution >= 4 is 56.3 Å². The Morgan fingerprint density at radius 1 is 0.480 bits per heavy atom. The number of hydrogen-bond acceptors (Lipinski definition) is 6. The van der Waals surface area contributed by atoms with Gasteiger partial charge in [0.05, 0.1) is 11.4 Å². The van der Waals surface area contributed by atoms with Crippen molar-refractivity contribution in [2.24, 2.45) is 21.5 Å². The zero-order valence-corrected chi connectivity index (χ0v) is 30.7. The van der Waals surface area contributed by atoms with Gasteiger partial charge in [0, 0.05) is 37.9 Å². The zero-order chi connectivity index (χ0) is 34.0. The lowest BCUT2D eigenvalue weighted by Gasteiger charge is -2.01. The summed E-state index contributed by atoms with van der Waals surface area (Å²) in [6.45, 7) is 11.8. The van der Waals surface area contributed by atoms with E-state index in [1.165, 1.54) is 128 Å². The highest BCUT2D eigenvalue weighted by molar-refractivity contribution is 5.77. The summed E-state index contributed by atoms with van der Waals surface area (Å²) >= 11 is 0. The molecule has 6 nitrogen and oxygen atoms in total. The Morgan fingerprint density at radius 3 is 1.14 bits per heavy atom. The summed E-state index contributed by atoms with van der Waals surface area (Å²) in [6.07, 6.45) is 34.9. The molecular formula is C40H90N6Si4. The second-order valence-corrected chi connectivity index (χ2v) is 11.7. The largest absolute Gasteiger partial charge is 0.331 e. The Balaban J connectivity index is -0.000000141. The average Bonchev–Trinajstić information content (AvgIpc) is 3.09. The van der Waals surface area contributed by atoms with Crippen LogP contribution < -0.4 is 11.5 Å². The van der Waals surface area contributed by atoms with E-state index in [9.17, 15) is 0 Å². The Hall–Kier alpha value is -1.57. The fourth-order valence-electron chi connectivity index (χ4n) is 4.57. The van der Waals surface area contributed by atoms with Crippen molar-refractivity contribution in [3.63, 3.8) is 0 Å². The maximum Gasteiger partial charge on any atom is 0.0807 e. The van der Waals surface area contributed by atoms with E-state index in [1.54, 1.807) is 12.4 Å². The molecule has 0 aliphatic carbocycles. The quantitative estimate of drug-likeness (QED) is 0.0896. The molecule has 0 aliphatic heterocycles. The summed E-state index contributed by atoms with van der Waals surface area (Å²) < 4.78 is 0. The Kier molecular flexibility index (Phi) is 68.7. The highest BCUT2D eigenvalue weighted by Gasteiger charge is 1.93. The fourth-order valence-corrected chi connectivity index (χ4v) is 4.57. The molecule has 0 saturated heterocycles. The van der Waals surface area contributed by atoms with Crippen molar-refractivity contribution in [1.82, 2.24) is 9.97 Å². The first kappa shape index (κ1) is 60.5. The van der Waals surface area contributed by atoms with Crippen molar-refractivity contribution in [1.29, 1.82) is 0 Å². The molecule has 0 unspecified atom stereocenters. The van der Waals surface area contributed by atoms with Crippen LogP contribution in [0, 0.1) is 0 Å². The second kappa shape index (κ2) is 56.8. The van der Waals surface area contributed by atoms with Crippen LogP contribution in [0.25, 0.3) is 0 Å². The molecule has 10 heteroatoms. The van der Waals surface area contributed by atoms with E-state index >= 15 is 0 Å². The average molecular weight is 768 g/mol. The summed E-state index contributed by atoms with van der Waals surface area (Å²) in [7, 11) is 0. The first-order valence-electron chi connectivity index (χ1n) is 18.9. The van der Waals surface area contributed by atoms with Gasteiger partial charge in [0.15, 0.2) is 0 Å². The van der Waals surface area contributed by atoms with Crippen molar-refractivity contribution in [3.8, 4) is 0 Å². The van der Waals surface area contributed by atoms with Crippen LogP contribution in [0.2, 0.25) is 0 Å². The third-order valence-corrected chi connectivity index (χ3v) is 7.20. The van der Waals surface area contributed by atoms with Gasteiger partial charge in [-0.25, -0.2) is 0 Å². The Labute approximate surface area is 328 Å².